The number of nitrogens with two attached hydrogens (primary N) is 1. The van der Waals surface area contributed by atoms with Crippen LogP contribution in [0.4, 0.5) is 0 Å². The first-order chi connectivity index (χ1) is 8.63. The zero-order valence-electron chi connectivity index (χ0n) is 12.6. The van der Waals surface area contributed by atoms with Gasteiger partial charge in [-0.05, 0) is 50.5 Å². The summed E-state index contributed by atoms with van der Waals surface area (Å²) in [5.41, 5.74) is 6.56. The molecule has 2 fully saturated rings. The fourth-order valence-electron chi connectivity index (χ4n) is 4.06. The smallest absolute Gasteiger partial charge is 0.0334 e. The van der Waals surface area contributed by atoms with E-state index in [1.54, 1.807) is 0 Å². The molecule has 2 unspecified atom stereocenters. The Balaban J connectivity index is 2.06. The summed E-state index contributed by atoms with van der Waals surface area (Å²) in [7, 11) is 0. The second kappa shape index (κ2) is 5.92. The average molecular weight is 252 g/mol. The maximum absolute atomic E-state index is 6.23. The van der Waals surface area contributed by atoms with Gasteiger partial charge in [-0.3, -0.25) is 4.90 Å². The average Bonchev–Trinajstić information content (AvgIpc) is 3.16. The first-order valence-corrected chi connectivity index (χ1v) is 8.10. The SMILES string of the molecule is CCN(C1CC1)C1(CN)CCCC(C(C)C)CC1. The fraction of sp³-hybridized carbons (Fsp3) is 1.00. The Kier molecular flexibility index (Phi) is 4.71. The van der Waals surface area contributed by atoms with Gasteiger partial charge in [-0.1, -0.05) is 33.6 Å². The number of rotatable bonds is 5. The molecule has 2 aliphatic rings. The van der Waals surface area contributed by atoms with Crippen LogP contribution in [0.25, 0.3) is 0 Å². The van der Waals surface area contributed by atoms with Crippen molar-refractivity contribution >= 4 is 0 Å². The van der Waals surface area contributed by atoms with E-state index in [4.69, 9.17) is 5.73 Å². The molecule has 2 saturated carbocycles. The molecule has 0 aromatic carbocycles. The second-order valence-corrected chi connectivity index (χ2v) is 6.88. The molecule has 0 amide bonds. The van der Waals surface area contributed by atoms with Crippen LogP contribution in [0, 0.1) is 11.8 Å². The van der Waals surface area contributed by atoms with Crippen molar-refractivity contribution in [3.05, 3.63) is 0 Å². The van der Waals surface area contributed by atoms with Crippen LogP contribution in [-0.4, -0.2) is 29.6 Å². The van der Waals surface area contributed by atoms with Crippen LogP contribution in [0.15, 0.2) is 0 Å². The van der Waals surface area contributed by atoms with Gasteiger partial charge in [-0.15, -0.1) is 0 Å². The van der Waals surface area contributed by atoms with Crippen molar-refractivity contribution in [1.82, 2.24) is 4.90 Å². The molecular formula is C16H32N2. The summed E-state index contributed by atoms with van der Waals surface area (Å²) in [6.45, 7) is 9.15. The molecule has 0 spiro atoms. The predicted octanol–water partition coefficient (Wildman–Crippen LogP) is 3.40. The normalized spacial score (nSPS) is 34.0. The topological polar surface area (TPSA) is 29.3 Å². The molecule has 0 saturated heterocycles. The summed E-state index contributed by atoms with van der Waals surface area (Å²) in [5, 5.41) is 0. The van der Waals surface area contributed by atoms with Gasteiger partial charge >= 0.3 is 0 Å². The Morgan fingerprint density at radius 2 is 1.89 bits per heavy atom. The lowest BCUT2D eigenvalue weighted by Gasteiger charge is -2.43. The highest BCUT2D eigenvalue weighted by Crippen LogP contribution is 2.41. The van der Waals surface area contributed by atoms with E-state index in [9.17, 15) is 0 Å². The number of likely N-dealkylation sites (N-methyl/N-ethyl adjacent to an activating group) is 1. The Morgan fingerprint density at radius 3 is 2.39 bits per heavy atom. The van der Waals surface area contributed by atoms with E-state index >= 15 is 0 Å². The molecule has 2 N–H and O–H groups in total. The molecule has 0 radical (unpaired) electrons. The number of nitrogens with zero attached hydrogens (tertiary/aromatic N) is 1. The Bertz CT molecular complexity index is 260. The molecule has 2 aliphatic carbocycles. The summed E-state index contributed by atoms with van der Waals surface area (Å²) >= 11 is 0. The van der Waals surface area contributed by atoms with E-state index in [2.05, 4.69) is 25.7 Å². The monoisotopic (exact) mass is 252 g/mol. The first-order valence-electron chi connectivity index (χ1n) is 8.10. The van der Waals surface area contributed by atoms with Gasteiger partial charge in [0.2, 0.25) is 0 Å². The lowest BCUT2D eigenvalue weighted by atomic mass is 9.85. The zero-order valence-corrected chi connectivity index (χ0v) is 12.6. The second-order valence-electron chi connectivity index (χ2n) is 6.88. The number of hydrogen-bond acceptors (Lipinski definition) is 2. The Labute approximate surface area is 113 Å². The minimum atomic E-state index is 0.333. The molecule has 2 rings (SSSR count). The molecule has 2 heteroatoms. The maximum atomic E-state index is 6.23. The first kappa shape index (κ1) is 14.3. The third-order valence-electron chi connectivity index (χ3n) is 5.46. The van der Waals surface area contributed by atoms with Gasteiger partial charge in [0.25, 0.3) is 0 Å². The Hall–Kier alpha value is -0.0800. The van der Waals surface area contributed by atoms with Crippen LogP contribution < -0.4 is 5.73 Å². The molecular weight excluding hydrogens is 220 g/mol. The molecule has 18 heavy (non-hydrogen) atoms. The van der Waals surface area contributed by atoms with Crippen molar-refractivity contribution in [2.24, 2.45) is 17.6 Å². The summed E-state index contributed by atoms with van der Waals surface area (Å²) in [5.74, 6) is 1.77. The summed E-state index contributed by atoms with van der Waals surface area (Å²) in [6, 6.07) is 0.856. The maximum Gasteiger partial charge on any atom is 0.0334 e. The van der Waals surface area contributed by atoms with Crippen molar-refractivity contribution in [3.8, 4) is 0 Å². The van der Waals surface area contributed by atoms with Gasteiger partial charge < -0.3 is 5.73 Å². The van der Waals surface area contributed by atoms with Gasteiger partial charge in [0.05, 0.1) is 0 Å². The van der Waals surface area contributed by atoms with Crippen LogP contribution in [0.1, 0.15) is 65.7 Å². The minimum Gasteiger partial charge on any atom is -0.329 e. The van der Waals surface area contributed by atoms with Crippen molar-refractivity contribution in [3.63, 3.8) is 0 Å². The van der Waals surface area contributed by atoms with Crippen LogP contribution in [0.5, 0.6) is 0 Å². The molecule has 0 aromatic heterocycles. The third-order valence-corrected chi connectivity index (χ3v) is 5.46. The van der Waals surface area contributed by atoms with E-state index in [1.165, 1.54) is 51.5 Å². The van der Waals surface area contributed by atoms with Gasteiger partial charge in [-0.2, -0.15) is 0 Å². The predicted molar refractivity (Wildman–Crippen MR) is 78.6 cm³/mol. The van der Waals surface area contributed by atoms with Crippen molar-refractivity contribution in [2.45, 2.75) is 77.3 Å². The highest BCUT2D eigenvalue weighted by atomic mass is 15.3. The lowest BCUT2D eigenvalue weighted by Crippen LogP contribution is -2.54. The van der Waals surface area contributed by atoms with E-state index in [1.807, 2.05) is 0 Å². The van der Waals surface area contributed by atoms with E-state index in [0.717, 1.165) is 24.4 Å². The van der Waals surface area contributed by atoms with E-state index < -0.39 is 0 Å². The Morgan fingerprint density at radius 1 is 1.17 bits per heavy atom. The minimum absolute atomic E-state index is 0.333. The standard InChI is InChI=1S/C16H32N2/c1-4-18(15-7-8-15)16(12-17)10-5-6-14(9-11-16)13(2)3/h13-15H,4-12,17H2,1-3H3. The van der Waals surface area contributed by atoms with Crippen LogP contribution >= 0.6 is 0 Å². The van der Waals surface area contributed by atoms with Gasteiger partial charge in [0.1, 0.15) is 0 Å². The molecule has 2 nitrogen and oxygen atoms in total. The van der Waals surface area contributed by atoms with Crippen molar-refractivity contribution in [1.29, 1.82) is 0 Å². The van der Waals surface area contributed by atoms with E-state index in [-0.39, 0.29) is 0 Å². The van der Waals surface area contributed by atoms with Gasteiger partial charge in [0.15, 0.2) is 0 Å². The van der Waals surface area contributed by atoms with Crippen molar-refractivity contribution < 1.29 is 0 Å². The number of hydrogen-bond donors (Lipinski definition) is 1. The molecule has 0 aliphatic heterocycles. The highest BCUT2D eigenvalue weighted by molar-refractivity contribution is 5.00. The molecule has 106 valence electrons. The molecule has 0 bridgehead atoms. The quantitative estimate of drug-likeness (QED) is 0.760. The molecule has 2 atom stereocenters. The van der Waals surface area contributed by atoms with Gasteiger partial charge in [0, 0.05) is 18.1 Å². The van der Waals surface area contributed by atoms with Gasteiger partial charge in [-0.25, -0.2) is 0 Å². The van der Waals surface area contributed by atoms with Crippen molar-refractivity contribution in [2.75, 3.05) is 13.1 Å². The molecule has 0 aromatic rings. The van der Waals surface area contributed by atoms with Crippen LogP contribution in [0.3, 0.4) is 0 Å². The summed E-state index contributed by atoms with van der Waals surface area (Å²) in [4.78, 5) is 2.76. The molecule has 0 heterocycles. The third kappa shape index (κ3) is 2.91. The largest absolute Gasteiger partial charge is 0.329 e. The summed E-state index contributed by atoms with van der Waals surface area (Å²) < 4.78 is 0. The van der Waals surface area contributed by atoms with E-state index in [0.29, 0.717) is 5.54 Å². The lowest BCUT2D eigenvalue weighted by molar-refractivity contribution is 0.0734. The van der Waals surface area contributed by atoms with Crippen LogP contribution in [-0.2, 0) is 0 Å². The summed E-state index contributed by atoms with van der Waals surface area (Å²) in [6.07, 6.45) is 9.66. The fourth-order valence-corrected chi connectivity index (χ4v) is 4.06. The zero-order chi connectivity index (χ0) is 13.2. The highest BCUT2D eigenvalue weighted by Gasteiger charge is 2.43. The van der Waals surface area contributed by atoms with Crippen LogP contribution in [0.2, 0.25) is 0 Å².